The Balaban J connectivity index is 0. The van der Waals surface area contributed by atoms with Crippen molar-refractivity contribution in [2.24, 2.45) is 0 Å². The second kappa shape index (κ2) is 14.0. The molecule has 0 rings (SSSR count). The van der Waals surface area contributed by atoms with E-state index in [-0.39, 0.29) is 63.0 Å². The van der Waals surface area contributed by atoms with Crippen LogP contribution in [0.5, 0.6) is 0 Å². The van der Waals surface area contributed by atoms with E-state index in [1.165, 1.54) is 36.8 Å². The summed E-state index contributed by atoms with van der Waals surface area (Å²) < 4.78 is 0. The monoisotopic (exact) mass is 412 g/mol. The number of unbranched alkanes of at least 4 members (excludes halogenated alkanes) is 1. The minimum atomic E-state index is -1.38. The number of carbonyl (C=O) groups excluding carboxylic acids is 1. The normalized spacial score (nSPS) is 14.8. The molecule has 150 valence electrons. The van der Waals surface area contributed by atoms with Gasteiger partial charge in [-0.15, -0.1) is 5.76 Å². The van der Waals surface area contributed by atoms with Crippen LogP contribution in [0.4, 0.5) is 0 Å². The van der Waals surface area contributed by atoms with Crippen LogP contribution in [0.3, 0.4) is 0 Å². The summed E-state index contributed by atoms with van der Waals surface area (Å²) in [7, 11) is 0. The van der Waals surface area contributed by atoms with E-state index in [2.05, 4.69) is 0 Å². The van der Waals surface area contributed by atoms with E-state index in [1.807, 2.05) is 6.92 Å². The van der Waals surface area contributed by atoms with Crippen molar-refractivity contribution < 1.29 is 34.8 Å². The summed E-state index contributed by atoms with van der Waals surface area (Å²) in [4.78, 5) is 36.1. The van der Waals surface area contributed by atoms with Crippen LogP contribution in [0.1, 0.15) is 47.0 Å². The molecule has 0 aliphatic heterocycles. The first kappa shape index (κ1) is 28.2. The largest absolute Gasteiger partial charge is 2.00 e. The van der Waals surface area contributed by atoms with Gasteiger partial charge in [0.05, 0.1) is 12.0 Å². The summed E-state index contributed by atoms with van der Waals surface area (Å²) in [5, 5.41) is 41.5. The predicted octanol–water partition coefficient (Wildman–Crippen LogP) is -1.31. The molecule has 0 aliphatic rings. The SMILES string of the molecule is CCCC/C([O-])=C/N(CCN(C(C)C(=O)O)C(C)C(=O)O)C(C)C(=O)[O-].[Ca+2]. The van der Waals surface area contributed by atoms with E-state index in [0.29, 0.717) is 6.42 Å². The van der Waals surface area contributed by atoms with Crippen LogP contribution in [0.2, 0.25) is 0 Å². The van der Waals surface area contributed by atoms with E-state index < -0.39 is 36.0 Å². The molecule has 3 atom stereocenters. The number of hydrogen-bond acceptors (Lipinski definition) is 7. The van der Waals surface area contributed by atoms with Gasteiger partial charge in [0.15, 0.2) is 0 Å². The van der Waals surface area contributed by atoms with Crippen LogP contribution >= 0.6 is 0 Å². The maximum Gasteiger partial charge on any atom is 2.00 e. The van der Waals surface area contributed by atoms with Crippen molar-refractivity contribution in [2.45, 2.75) is 65.1 Å². The average molecular weight is 412 g/mol. The van der Waals surface area contributed by atoms with Gasteiger partial charge in [0.25, 0.3) is 0 Å². The van der Waals surface area contributed by atoms with E-state index >= 15 is 0 Å². The third-order valence-electron chi connectivity index (χ3n) is 4.25. The van der Waals surface area contributed by atoms with Crippen molar-refractivity contribution in [3.8, 4) is 0 Å². The fraction of sp³-hybridized carbons (Fsp3) is 0.706. The van der Waals surface area contributed by atoms with E-state index in [1.54, 1.807) is 0 Å². The number of carboxylic acids is 3. The summed E-state index contributed by atoms with van der Waals surface area (Å²) in [5.74, 6) is -4.01. The van der Waals surface area contributed by atoms with Gasteiger partial charge in [-0.25, -0.2) is 0 Å². The van der Waals surface area contributed by atoms with Crippen molar-refractivity contribution in [1.82, 2.24) is 9.80 Å². The van der Waals surface area contributed by atoms with Crippen molar-refractivity contribution >= 4 is 55.6 Å². The van der Waals surface area contributed by atoms with Crippen molar-refractivity contribution in [1.29, 1.82) is 0 Å². The van der Waals surface area contributed by atoms with Gasteiger partial charge in [0.2, 0.25) is 0 Å². The molecule has 0 aromatic heterocycles. The molecule has 0 radical (unpaired) electrons. The molecule has 3 unspecified atom stereocenters. The minimum Gasteiger partial charge on any atom is -0.874 e. The molecule has 2 N–H and O–H groups in total. The number of carboxylic acid groups (broad SMARTS) is 3. The topological polar surface area (TPSA) is 144 Å². The first-order valence-electron chi connectivity index (χ1n) is 8.58. The first-order chi connectivity index (χ1) is 12.0. The molecule has 0 aromatic rings. The van der Waals surface area contributed by atoms with Gasteiger partial charge < -0.3 is 30.1 Å². The molecule has 27 heavy (non-hydrogen) atoms. The second-order valence-corrected chi connectivity index (χ2v) is 6.20. The summed E-state index contributed by atoms with van der Waals surface area (Å²) in [6.45, 7) is 5.91. The molecule has 0 heterocycles. The third kappa shape index (κ3) is 10.2. The summed E-state index contributed by atoms with van der Waals surface area (Å²) in [5.41, 5.74) is 0. The van der Waals surface area contributed by atoms with Crippen LogP contribution in [-0.4, -0.2) is 107 Å². The van der Waals surface area contributed by atoms with Crippen LogP contribution in [0.25, 0.3) is 0 Å². The van der Waals surface area contributed by atoms with Crippen molar-refractivity contribution in [2.75, 3.05) is 13.1 Å². The van der Waals surface area contributed by atoms with Gasteiger partial charge in [0.1, 0.15) is 12.1 Å². The maximum atomic E-state index is 12.0. The molecule has 0 spiro atoms. The standard InChI is InChI=1S/C17H30N2O7.Ca/c1-5-6-7-14(20)10-18(11(2)15(21)22)8-9-19(12(3)16(23)24)13(4)17(25)26;/h10-13,20H,5-9H2,1-4H3,(H,21,22)(H,23,24)(H,25,26);/q;+2/p-2/b14-10-;. The van der Waals surface area contributed by atoms with Gasteiger partial charge in [-0.05, 0) is 33.4 Å². The Kier molecular flexibility index (Phi) is 14.7. The Morgan fingerprint density at radius 2 is 1.44 bits per heavy atom. The van der Waals surface area contributed by atoms with Gasteiger partial charge in [0, 0.05) is 13.1 Å². The van der Waals surface area contributed by atoms with Gasteiger partial charge in [-0.2, -0.15) is 0 Å². The second-order valence-electron chi connectivity index (χ2n) is 6.20. The molecule has 0 saturated heterocycles. The number of nitrogens with zero attached hydrogens (tertiary/aromatic N) is 2. The predicted molar refractivity (Wildman–Crippen MR) is 95.4 cm³/mol. The van der Waals surface area contributed by atoms with E-state index in [0.717, 1.165) is 6.42 Å². The van der Waals surface area contributed by atoms with Crippen molar-refractivity contribution in [3.05, 3.63) is 12.0 Å². The summed E-state index contributed by atoms with van der Waals surface area (Å²) in [6.07, 6.45) is 2.94. The molecular weight excluding hydrogens is 384 g/mol. The van der Waals surface area contributed by atoms with Crippen LogP contribution in [0.15, 0.2) is 12.0 Å². The minimum absolute atomic E-state index is 0. The summed E-state index contributed by atoms with van der Waals surface area (Å²) in [6, 6.07) is -3.28. The molecular formula is C17H28CaN2O7. The zero-order valence-electron chi connectivity index (χ0n) is 16.4. The molecule has 0 fully saturated rings. The maximum absolute atomic E-state index is 12.0. The van der Waals surface area contributed by atoms with Gasteiger partial charge in [-0.3, -0.25) is 14.5 Å². The van der Waals surface area contributed by atoms with Crippen molar-refractivity contribution in [3.63, 3.8) is 0 Å². The Hall–Kier alpha value is -1.03. The molecule has 0 aromatic carbocycles. The Morgan fingerprint density at radius 1 is 0.963 bits per heavy atom. The number of carbonyl (C=O) groups is 3. The number of aliphatic carboxylic acids is 3. The summed E-state index contributed by atoms with van der Waals surface area (Å²) >= 11 is 0. The Bertz CT molecular complexity index is 507. The molecule has 0 amide bonds. The van der Waals surface area contributed by atoms with Crippen LogP contribution in [0, 0.1) is 0 Å². The zero-order valence-corrected chi connectivity index (χ0v) is 18.6. The Labute approximate surface area is 189 Å². The quantitative estimate of drug-likeness (QED) is 0.278. The number of rotatable bonds is 13. The fourth-order valence-corrected chi connectivity index (χ4v) is 2.34. The van der Waals surface area contributed by atoms with E-state index in [4.69, 9.17) is 0 Å². The third-order valence-corrected chi connectivity index (χ3v) is 4.25. The smallest absolute Gasteiger partial charge is 0.874 e. The van der Waals surface area contributed by atoms with Crippen LogP contribution in [-0.2, 0) is 14.4 Å². The molecule has 0 aliphatic carbocycles. The molecule has 0 saturated carbocycles. The Morgan fingerprint density at radius 3 is 1.81 bits per heavy atom. The zero-order chi connectivity index (χ0) is 20.4. The first-order valence-corrected chi connectivity index (χ1v) is 8.58. The van der Waals surface area contributed by atoms with Gasteiger partial charge >= 0.3 is 49.7 Å². The van der Waals surface area contributed by atoms with E-state index in [9.17, 15) is 34.8 Å². The fourth-order valence-electron chi connectivity index (χ4n) is 2.34. The van der Waals surface area contributed by atoms with Gasteiger partial charge in [-0.1, -0.05) is 19.8 Å². The number of hydrogen-bond donors (Lipinski definition) is 2. The molecule has 10 heteroatoms. The van der Waals surface area contributed by atoms with Crippen LogP contribution < -0.4 is 10.2 Å². The average Bonchev–Trinajstić information content (AvgIpc) is 2.57. The molecule has 9 nitrogen and oxygen atoms in total. The molecule has 0 bridgehead atoms. The number of allylic oxidation sites excluding steroid dienone is 1.